The molecule has 1 rings (SSSR count). The van der Waals surface area contributed by atoms with E-state index in [9.17, 15) is 9.59 Å². The molecule has 0 radical (unpaired) electrons. The van der Waals surface area contributed by atoms with Crippen LogP contribution in [0, 0.1) is 0 Å². The SMILES string of the molecule is CCCCCc1ccc(C(=O)O)cc1C(=O)O. The van der Waals surface area contributed by atoms with Crippen molar-refractivity contribution < 1.29 is 19.8 Å². The normalized spacial score (nSPS) is 10.2. The van der Waals surface area contributed by atoms with Gasteiger partial charge in [0.25, 0.3) is 0 Å². The summed E-state index contributed by atoms with van der Waals surface area (Å²) >= 11 is 0. The average Bonchev–Trinajstić information content (AvgIpc) is 2.29. The van der Waals surface area contributed by atoms with Crippen molar-refractivity contribution in [2.75, 3.05) is 0 Å². The van der Waals surface area contributed by atoms with E-state index in [1.807, 2.05) is 0 Å². The van der Waals surface area contributed by atoms with Crippen LogP contribution >= 0.6 is 0 Å². The zero-order valence-corrected chi connectivity index (χ0v) is 9.77. The summed E-state index contributed by atoms with van der Waals surface area (Å²) < 4.78 is 0. The molecule has 2 N–H and O–H groups in total. The Hall–Kier alpha value is -1.84. The number of rotatable bonds is 6. The predicted octanol–water partition coefficient (Wildman–Crippen LogP) is 2.82. The fraction of sp³-hybridized carbons (Fsp3) is 0.385. The third-order valence-electron chi connectivity index (χ3n) is 2.64. The Morgan fingerprint density at radius 3 is 2.35 bits per heavy atom. The van der Waals surface area contributed by atoms with Crippen molar-refractivity contribution >= 4 is 11.9 Å². The van der Waals surface area contributed by atoms with Crippen molar-refractivity contribution in [1.29, 1.82) is 0 Å². The topological polar surface area (TPSA) is 74.6 Å². The third-order valence-corrected chi connectivity index (χ3v) is 2.64. The van der Waals surface area contributed by atoms with Crippen LogP contribution in [0.5, 0.6) is 0 Å². The summed E-state index contributed by atoms with van der Waals surface area (Å²) in [5, 5.41) is 17.8. The summed E-state index contributed by atoms with van der Waals surface area (Å²) in [5.74, 6) is -2.17. The van der Waals surface area contributed by atoms with E-state index in [1.54, 1.807) is 6.07 Å². The Balaban J connectivity index is 2.96. The summed E-state index contributed by atoms with van der Waals surface area (Å²) in [4.78, 5) is 21.8. The van der Waals surface area contributed by atoms with E-state index >= 15 is 0 Å². The molecule has 0 aromatic heterocycles. The summed E-state index contributed by atoms with van der Waals surface area (Å²) in [5.41, 5.74) is 0.818. The minimum Gasteiger partial charge on any atom is -0.478 e. The molecule has 92 valence electrons. The lowest BCUT2D eigenvalue weighted by molar-refractivity contribution is 0.0695. The van der Waals surface area contributed by atoms with Crippen molar-refractivity contribution in [2.24, 2.45) is 0 Å². The maximum Gasteiger partial charge on any atom is 0.335 e. The van der Waals surface area contributed by atoms with Crippen molar-refractivity contribution in [2.45, 2.75) is 32.6 Å². The van der Waals surface area contributed by atoms with E-state index in [2.05, 4.69) is 6.92 Å². The van der Waals surface area contributed by atoms with E-state index in [1.165, 1.54) is 12.1 Å². The molecule has 0 heterocycles. The lowest BCUT2D eigenvalue weighted by atomic mass is 9.99. The summed E-state index contributed by atoms with van der Waals surface area (Å²) in [6, 6.07) is 4.28. The monoisotopic (exact) mass is 236 g/mol. The molecule has 0 aliphatic carbocycles. The highest BCUT2D eigenvalue weighted by molar-refractivity contribution is 5.94. The van der Waals surface area contributed by atoms with Crippen molar-refractivity contribution in [3.63, 3.8) is 0 Å². The minimum atomic E-state index is -1.10. The molecule has 1 aromatic rings. The van der Waals surface area contributed by atoms with Gasteiger partial charge in [0.1, 0.15) is 0 Å². The quantitative estimate of drug-likeness (QED) is 0.745. The van der Waals surface area contributed by atoms with Crippen molar-refractivity contribution in [3.05, 3.63) is 34.9 Å². The molecular weight excluding hydrogens is 220 g/mol. The van der Waals surface area contributed by atoms with E-state index in [-0.39, 0.29) is 11.1 Å². The summed E-state index contributed by atoms with van der Waals surface area (Å²) in [7, 11) is 0. The van der Waals surface area contributed by atoms with E-state index in [4.69, 9.17) is 10.2 Å². The second-order valence-electron chi connectivity index (χ2n) is 3.94. The Kier molecular flexibility index (Phi) is 4.69. The van der Waals surface area contributed by atoms with Crippen molar-refractivity contribution in [3.8, 4) is 0 Å². The molecule has 4 heteroatoms. The van der Waals surface area contributed by atoms with Crippen LogP contribution in [-0.4, -0.2) is 22.2 Å². The van der Waals surface area contributed by atoms with Crippen LogP contribution in [0.2, 0.25) is 0 Å². The molecule has 0 spiro atoms. The van der Waals surface area contributed by atoms with Gasteiger partial charge < -0.3 is 10.2 Å². The number of aryl methyl sites for hydroxylation is 1. The first-order valence-corrected chi connectivity index (χ1v) is 5.65. The van der Waals surface area contributed by atoms with Gasteiger partial charge in [-0.05, 0) is 30.5 Å². The number of hydrogen-bond acceptors (Lipinski definition) is 2. The van der Waals surface area contributed by atoms with E-state index in [0.717, 1.165) is 19.3 Å². The maximum atomic E-state index is 11.0. The van der Waals surface area contributed by atoms with Crippen LogP contribution in [0.1, 0.15) is 52.5 Å². The van der Waals surface area contributed by atoms with Gasteiger partial charge in [-0.15, -0.1) is 0 Å². The molecule has 0 fully saturated rings. The zero-order valence-electron chi connectivity index (χ0n) is 9.77. The lowest BCUT2D eigenvalue weighted by Gasteiger charge is -2.06. The standard InChI is InChI=1S/C13H16O4/c1-2-3-4-5-9-6-7-10(12(14)15)8-11(9)13(16)17/h6-8H,2-5H2,1H3,(H,14,15)(H,16,17). The Morgan fingerprint density at radius 1 is 1.12 bits per heavy atom. The Labute approximate surface area is 99.9 Å². The molecule has 0 saturated heterocycles. The summed E-state index contributed by atoms with van der Waals surface area (Å²) in [6.45, 7) is 2.08. The Morgan fingerprint density at radius 2 is 1.82 bits per heavy atom. The van der Waals surface area contributed by atoms with Gasteiger partial charge in [0.2, 0.25) is 0 Å². The zero-order chi connectivity index (χ0) is 12.8. The first-order chi connectivity index (χ1) is 8.06. The van der Waals surface area contributed by atoms with Crippen molar-refractivity contribution in [1.82, 2.24) is 0 Å². The van der Waals surface area contributed by atoms with Gasteiger partial charge in [-0.1, -0.05) is 25.8 Å². The fourth-order valence-electron chi connectivity index (χ4n) is 1.69. The third kappa shape index (κ3) is 3.59. The maximum absolute atomic E-state index is 11.0. The van der Waals surface area contributed by atoms with Gasteiger partial charge in [-0.2, -0.15) is 0 Å². The van der Waals surface area contributed by atoms with Crippen LogP contribution in [0.4, 0.5) is 0 Å². The molecule has 0 saturated carbocycles. The number of carboxylic acids is 2. The molecule has 0 aliphatic rings. The molecule has 0 amide bonds. The van der Waals surface area contributed by atoms with Crippen LogP contribution in [0.3, 0.4) is 0 Å². The highest BCUT2D eigenvalue weighted by Gasteiger charge is 2.13. The first kappa shape index (κ1) is 13.2. The molecule has 0 unspecified atom stereocenters. The molecule has 17 heavy (non-hydrogen) atoms. The minimum absolute atomic E-state index is 0.0154. The molecule has 0 aliphatic heterocycles. The number of hydrogen-bond donors (Lipinski definition) is 2. The summed E-state index contributed by atoms with van der Waals surface area (Å²) in [6.07, 6.45) is 3.70. The van der Waals surface area contributed by atoms with Crippen LogP contribution in [-0.2, 0) is 6.42 Å². The predicted molar refractivity (Wildman–Crippen MR) is 63.6 cm³/mol. The smallest absolute Gasteiger partial charge is 0.335 e. The lowest BCUT2D eigenvalue weighted by Crippen LogP contribution is -2.06. The molecule has 4 nitrogen and oxygen atoms in total. The highest BCUT2D eigenvalue weighted by atomic mass is 16.4. The van der Waals surface area contributed by atoms with Gasteiger partial charge in [0.05, 0.1) is 11.1 Å². The van der Waals surface area contributed by atoms with Gasteiger partial charge >= 0.3 is 11.9 Å². The molecule has 0 bridgehead atoms. The Bertz CT molecular complexity index is 423. The van der Waals surface area contributed by atoms with E-state index < -0.39 is 11.9 Å². The number of aromatic carboxylic acids is 2. The fourth-order valence-corrected chi connectivity index (χ4v) is 1.69. The highest BCUT2D eigenvalue weighted by Crippen LogP contribution is 2.15. The number of carboxylic acid groups (broad SMARTS) is 2. The van der Waals surface area contributed by atoms with E-state index in [0.29, 0.717) is 12.0 Å². The second-order valence-corrected chi connectivity index (χ2v) is 3.94. The molecule has 1 aromatic carbocycles. The molecular formula is C13H16O4. The van der Waals surface area contributed by atoms with Gasteiger partial charge in [-0.3, -0.25) is 0 Å². The van der Waals surface area contributed by atoms with Gasteiger partial charge in [0, 0.05) is 0 Å². The van der Waals surface area contributed by atoms with Crippen LogP contribution in [0.25, 0.3) is 0 Å². The van der Waals surface area contributed by atoms with Gasteiger partial charge in [0.15, 0.2) is 0 Å². The molecule has 0 atom stereocenters. The van der Waals surface area contributed by atoms with Crippen LogP contribution < -0.4 is 0 Å². The average molecular weight is 236 g/mol. The largest absolute Gasteiger partial charge is 0.478 e. The van der Waals surface area contributed by atoms with Crippen LogP contribution in [0.15, 0.2) is 18.2 Å². The number of benzene rings is 1. The number of unbranched alkanes of at least 4 members (excludes halogenated alkanes) is 2. The van der Waals surface area contributed by atoms with Gasteiger partial charge in [-0.25, -0.2) is 9.59 Å². The first-order valence-electron chi connectivity index (χ1n) is 5.65. The second kappa shape index (κ2) is 6.03. The number of carbonyl (C=O) groups is 2.